The minimum atomic E-state index is -0.256. The van der Waals surface area contributed by atoms with Gasteiger partial charge in [-0.1, -0.05) is 0 Å². The number of nitrogens with zero attached hydrogens (tertiary/aromatic N) is 3. The third-order valence-corrected chi connectivity index (χ3v) is 6.23. The van der Waals surface area contributed by atoms with E-state index in [4.69, 9.17) is 9.73 Å². The van der Waals surface area contributed by atoms with Gasteiger partial charge in [0, 0.05) is 44.3 Å². The molecule has 1 saturated heterocycles. The zero-order valence-corrected chi connectivity index (χ0v) is 18.0. The van der Waals surface area contributed by atoms with Crippen molar-refractivity contribution in [3.63, 3.8) is 0 Å². The number of methoxy groups -OCH3 is 1. The first-order valence-corrected chi connectivity index (χ1v) is 10.1. The van der Waals surface area contributed by atoms with Gasteiger partial charge in [-0.2, -0.15) is 0 Å². The van der Waals surface area contributed by atoms with E-state index < -0.39 is 0 Å². The van der Waals surface area contributed by atoms with Crippen molar-refractivity contribution in [3.8, 4) is 0 Å². The number of thiophene rings is 1. The number of rotatable bonds is 3. The van der Waals surface area contributed by atoms with Gasteiger partial charge in [0.2, 0.25) is 0 Å². The molecule has 5 nitrogen and oxygen atoms in total. The molecule has 152 valence electrons. The van der Waals surface area contributed by atoms with E-state index in [0.717, 1.165) is 60.4 Å². The summed E-state index contributed by atoms with van der Waals surface area (Å²) in [6, 6.07) is 7.34. The SMILES string of the molecule is COCC[C@H]1CN(C2=Nc3ccc(F)cc3Nc3sc(C)cc32)CCN1C.Cl. The van der Waals surface area contributed by atoms with Crippen LogP contribution in [0.5, 0.6) is 0 Å². The molecule has 2 aliphatic rings. The summed E-state index contributed by atoms with van der Waals surface area (Å²) in [6.45, 7) is 5.65. The molecule has 1 N–H and O–H groups in total. The van der Waals surface area contributed by atoms with Crippen LogP contribution >= 0.6 is 23.7 Å². The lowest BCUT2D eigenvalue weighted by Crippen LogP contribution is -2.53. The maximum atomic E-state index is 13.8. The van der Waals surface area contributed by atoms with E-state index in [1.54, 1.807) is 24.5 Å². The molecule has 1 atom stereocenters. The largest absolute Gasteiger partial charge is 0.385 e. The van der Waals surface area contributed by atoms with E-state index in [-0.39, 0.29) is 18.2 Å². The van der Waals surface area contributed by atoms with Gasteiger partial charge in [0.15, 0.2) is 0 Å². The van der Waals surface area contributed by atoms with Gasteiger partial charge in [0.25, 0.3) is 0 Å². The Kier molecular flexibility index (Phi) is 6.60. The van der Waals surface area contributed by atoms with Crippen molar-refractivity contribution < 1.29 is 9.13 Å². The monoisotopic (exact) mass is 424 g/mol. The van der Waals surface area contributed by atoms with Crippen LogP contribution in [0.4, 0.5) is 20.8 Å². The highest BCUT2D eigenvalue weighted by Crippen LogP contribution is 2.39. The van der Waals surface area contributed by atoms with E-state index >= 15 is 0 Å². The molecule has 0 saturated carbocycles. The second kappa shape index (κ2) is 8.78. The summed E-state index contributed by atoms with van der Waals surface area (Å²) in [5, 5.41) is 4.43. The van der Waals surface area contributed by atoms with Gasteiger partial charge in [0.1, 0.15) is 16.7 Å². The number of halogens is 2. The lowest BCUT2D eigenvalue weighted by atomic mass is 10.1. The first-order chi connectivity index (χ1) is 13.0. The third-order valence-electron chi connectivity index (χ3n) is 5.26. The zero-order chi connectivity index (χ0) is 19.0. The number of benzene rings is 1. The van der Waals surface area contributed by atoms with Gasteiger partial charge in [-0.05, 0) is 44.7 Å². The molecular formula is C20H26ClFN4OS. The molecule has 0 unspecified atom stereocenters. The lowest BCUT2D eigenvalue weighted by Gasteiger charge is -2.40. The Hall–Kier alpha value is -1.67. The molecule has 0 spiro atoms. The predicted molar refractivity (Wildman–Crippen MR) is 117 cm³/mol. The van der Waals surface area contributed by atoms with E-state index in [9.17, 15) is 4.39 Å². The molecule has 1 fully saturated rings. The number of piperazine rings is 1. The second-order valence-electron chi connectivity index (χ2n) is 7.18. The Morgan fingerprint density at radius 2 is 2.14 bits per heavy atom. The maximum Gasteiger partial charge on any atom is 0.139 e. The van der Waals surface area contributed by atoms with E-state index in [2.05, 4.69) is 35.2 Å². The van der Waals surface area contributed by atoms with Gasteiger partial charge < -0.3 is 15.0 Å². The normalized spacial score (nSPS) is 19.1. The molecular weight excluding hydrogens is 399 g/mol. The van der Waals surface area contributed by atoms with E-state index in [1.807, 2.05) is 0 Å². The molecule has 0 bridgehead atoms. The first kappa shape index (κ1) is 21.0. The third kappa shape index (κ3) is 4.17. The van der Waals surface area contributed by atoms with E-state index in [1.165, 1.54) is 17.0 Å². The van der Waals surface area contributed by atoms with Gasteiger partial charge >= 0.3 is 0 Å². The van der Waals surface area contributed by atoms with Crippen LogP contribution in [0, 0.1) is 12.7 Å². The first-order valence-electron chi connectivity index (χ1n) is 9.25. The Balaban J connectivity index is 0.00000225. The molecule has 2 aliphatic heterocycles. The maximum absolute atomic E-state index is 13.8. The van der Waals surface area contributed by atoms with Crippen molar-refractivity contribution >= 4 is 46.0 Å². The molecule has 1 aromatic heterocycles. The standard InChI is InChI=1S/C20H25FN4OS.ClH/c1-13-10-16-19(25-8-7-24(2)15(12-25)6-9-26-3)22-17-5-4-14(21)11-18(17)23-20(16)27-13;/h4-5,10-11,15,23H,6-9,12H2,1-3H3;1H/t15-;/m0./s1. The molecule has 8 heteroatoms. The number of ether oxygens (including phenoxy) is 1. The molecule has 0 radical (unpaired) electrons. The zero-order valence-electron chi connectivity index (χ0n) is 16.4. The van der Waals surface area contributed by atoms with Crippen molar-refractivity contribution in [2.45, 2.75) is 19.4 Å². The highest BCUT2D eigenvalue weighted by Gasteiger charge is 2.30. The van der Waals surface area contributed by atoms with Crippen LogP contribution in [-0.2, 0) is 4.74 Å². The fourth-order valence-electron chi connectivity index (χ4n) is 3.72. The number of amidine groups is 1. The number of fused-ring (bicyclic) bond motifs is 2. The summed E-state index contributed by atoms with van der Waals surface area (Å²) in [6.07, 6.45) is 0.992. The average molecular weight is 425 g/mol. The fourth-order valence-corrected chi connectivity index (χ4v) is 4.64. The average Bonchev–Trinajstić information content (AvgIpc) is 2.93. The molecule has 1 aromatic carbocycles. The number of nitrogens with one attached hydrogen (secondary N) is 1. The van der Waals surface area contributed by atoms with Gasteiger partial charge in [-0.3, -0.25) is 4.90 Å². The summed E-state index contributed by atoms with van der Waals surface area (Å²) in [7, 11) is 3.92. The van der Waals surface area contributed by atoms with E-state index in [0.29, 0.717) is 6.04 Å². The molecule has 4 rings (SSSR count). The number of likely N-dealkylation sites (N-methyl/N-ethyl adjacent to an activating group) is 1. The van der Waals surface area contributed by atoms with Crippen LogP contribution in [-0.4, -0.2) is 62.1 Å². The van der Waals surface area contributed by atoms with Crippen LogP contribution in [0.2, 0.25) is 0 Å². The van der Waals surface area contributed by atoms with Crippen LogP contribution in [0.15, 0.2) is 29.3 Å². The molecule has 2 aromatic rings. The Labute approximate surface area is 175 Å². The van der Waals surface area contributed by atoms with Gasteiger partial charge in [0.05, 0.1) is 16.9 Å². The number of anilines is 2. The van der Waals surface area contributed by atoms with Crippen molar-refractivity contribution in [1.82, 2.24) is 9.80 Å². The fraction of sp³-hybridized carbons (Fsp3) is 0.450. The molecule has 28 heavy (non-hydrogen) atoms. The predicted octanol–water partition coefficient (Wildman–Crippen LogP) is 4.41. The van der Waals surface area contributed by atoms with Crippen LogP contribution in [0.25, 0.3) is 0 Å². The number of aryl methyl sites for hydroxylation is 1. The quantitative estimate of drug-likeness (QED) is 0.792. The van der Waals surface area contributed by atoms with Crippen LogP contribution in [0.3, 0.4) is 0 Å². The number of aliphatic imine (C=N–C) groups is 1. The highest BCUT2D eigenvalue weighted by molar-refractivity contribution is 7.16. The summed E-state index contributed by atoms with van der Waals surface area (Å²) in [5.74, 6) is 0.719. The number of hydrogen-bond donors (Lipinski definition) is 1. The smallest absolute Gasteiger partial charge is 0.139 e. The van der Waals surface area contributed by atoms with Crippen molar-refractivity contribution in [1.29, 1.82) is 0 Å². The minimum Gasteiger partial charge on any atom is -0.385 e. The topological polar surface area (TPSA) is 40.1 Å². The summed E-state index contributed by atoms with van der Waals surface area (Å²) >= 11 is 1.68. The summed E-state index contributed by atoms with van der Waals surface area (Å²) in [4.78, 5) is 10.9. The second-order valence-corrected chi connectivity index (χ2v) is 8.44. The van der Waals surface area contributed by atoms with Crippen molar-refractivity contribution in [3.05, 3.63) is 40.5 Å². The van der Waals surface area contributed by atoms with Crippen molar-refractivity contribution in [2.24, 2.45) is 4.99 Å². The molecule has 3 heterocycles. The Morgan fingerprint density at radius 1 is 1.32 bits per heavy atom. The Morgan fingerprint density at radius 3 is 2.93 bits per heavy atom. The highest BCUT2D eigenvalue weighted by atomic mass is 35.5. The minimum absolute atomic E-state index is 0. The van der Waals surface area contributed by atoms with Crippen LogP contribution in [0.1, 0.15) is 16.9 Å². The molecule has 0 aliphatic carbocycles. The number of hydrogen-bond acceptors (Lipinski definition) is 6. The molecule has 0 amide bonds. The van der Waals surface area contributed by atoms with Crippen molar-refractivity contribution in [2.75, 3.05) is 45.7 Å². The summed E-state index contributed by atoms with van der Waals surface area (Å²) in [5.41, 5.74) is 2.60. The lowest BCUT2D eigenvalue weighted by molar-refractivity contribution is 0.100. The van der Waals surface area contributed by atoms with Crippen LogP contribution < -0.4 is 5.32 Å². The Bertz CT molecular complexity index is 872. The summed E-state index contributed by atoms with van der Waals surface area (Å²) < 4.78 is 19.1. The van der Waals surface area contributed by atoms with Gasteiger partial charge in [-0.25, -0.2) is 9.38 Å². The van der Waals surface area contributed by atoms with Gasteiger partial charge in [-0.15, -0.1) is 23.7 Å².